The van der Waals surface area contributed by atoms with E-state index in [2.05, 4.69) is 0 Å². The van der Waals surface area contributed by atoms with Gasteiger partial charge in [-0.2, -0.15) is 0 Å². The summed E-state index contributed by atoms with van der Waals surface area (Å²) in [5, 5.41) is 0. The lowest BCUT2D eigenvalue weighted by Gasteiger charge is -2.29. The molecule has 0 saturated carbocycles. The van der Waals surface area contributed by atoms with E-state index in [1.807, 2.05) is 6.92 Å². The second kappa shape index (κ2) is 5.65. The number of hydrogen-bond acceptors (Lipinski definition) is 5. The number of carbonyl (C=O) groups excluding carboxylic acids is 2. The highest BCUT2D eigenvalue weighted by molar-refractivity contribution is 5.66. The van der Waals surface area contributed by atoms with Crippen molar-refractivity contribution in [3.8, 4) is 0 Å². The van der Waals surface area contributed by atoms with Gasteiger partial charge in [0.2, 0.25) is 0 Å². The largest absolute Gasteiger partial charge is 0.463 e. The minimum Gasteiger partial charge on any atom is -0.463 e. The Kier molecular flexibility index (Phi) is 4.49. The average Bonchev–Trinajstić information content (AvgIpc) is 2.17. The second-order valence-electron chi connectivity index (χ2n) is 3.64. The van der Waals surface area contributed by atoms with Gasteiger partial charge in [0.25, 0.3) is 0 Å². The summed E-state index contributed by atoms with van der Waals surface area (Å²) in [5.41, 5.74) is 0. The molecule has 3 atom stereocenters. The van der Waals surface area contributed by atoms with Gasteiger partial charge in [-0.05, 0) is 13.0 Å². The van der Waals surface area contributed by atoms with Gasteiger partial charge in [-0.25, -0.2) is 0 Å². The SMILES string of the molecule is CC(=O)OC[C@H]1O[C@@H](C)C=C[C@@H]1OC(C)=O. The maximum absolute atomic E-state index is 10.9. The van der Waals surface area contributed by atoms with E-state index in [4.69, 9.17) is 14.2 Å². The van der Waals surface area contributed by atoms with Gasteiger partial charge in [-0.15, -0.1) is 0 Å². The quantitative estimate of drug-likeness (QED) is 0.528. The first kappa shape index (κ1) is 12.7. The summed E-state index contributed by atoms with van der Waals surface area (Å²) in [6.07, 6.45) is 2.55. The van der Waals surface area contributed by atoms with Gasteiger partial charge in [-0.1, -0.05) is 6.08 Å². The molecule has 0 bridgehead atoms. The molecule has 1 heterocycles. The van der Waals surface area contributed by atoms with E-state index in [0.29, 0.717) is 0 Å². The topological polar surface area (TPSA) is 61.8 Å². The van der Waals surface area contributed by atoms with Crippen molar-refractivity contribution in [2.24, 2.45) is 0 Å². The summed E-state index contributed by atoms with van der Waals surface area (Å²) in [6.45, 7) is 4.60. The molecular weight excluding hydrogens is 212 g/mol. The van der Waals surface area contributed by atoms with E-state index in [0.717, 1.165) is 0 Å². The average molecular weight is 228 g/mol. The van der Waals surface area contributed by atoms with Crippen LogP contribution in [0.25, 0.3) is 0 Å². The molecule has 0 aromatic carbocycles. The Hall–Kier alpha value is -1.36. The standard InChI is InChI=1S/C11H16O5/c1-7-4-5-10(16-9(3)13)11(15-7)6-14-8(2)12/h4-5,7,10-11H,6H2,1-3H3/t7-,10-,11+/m0/s1. The monoisotopic (exact) mass is 228 g/mol. The molecule has 90 valence electrons. The summed E-state index contributed by atoms with van der Waals surface area (Å²) in [7, 11) is 0. The molecule has 0 aromatic rings. The molecule has 1 aliphatic heterocycles. The van der Waals surface area contributed by atoms with Crippen LogP contribution < -0.4 is 0 Å². The predicted molar refractivity (Wildman–Crippen MR) is 55.7 cm³/mol. The van der Waals surface area contributed by atoms with Gasteiger partial charge in [-0.3, -0.25) is 9.59 Å². The van der Waals surface area contributed by atoms with Crippen molar-refractivity contribution >= 4 is 11.9 Å². The number of hydrogen-bond donors (Lipinski definition) is 0. The Morgan fingerprint density at radius 1 is 1.25 bits per heavy atom. The van der Waals surface area contributed by atoms with Crippen LogP contribution in [-0.4, -0.2) is 36.9 Å². The van der Waals surface area contributed by atoms with Gasteiger partial charge < -0.3 is 14.2 Å². The van der Waals surface area contributed by atoms with Crippen molar-refractivity contribution in [2.75, 3.05) is 6.61 Å². The molecule has 5 heteroatoms. The van der Waals surface area contributed by atoms with Crippen LogP contribution in [0, 0.1) is 0 Å². The van der Waals surface area contributed by atoms with Gasteiger partial charge in [0.1, 0.15) is 18.8 Å². The number of esters is 2. The third kappa shape index (κ3) is 4.02. The highest BCUT2D eigenvalue weighted by atomic mass is 16.6. The minimum absolute atomic E-state index is 0.0765. The van der Waals surface area contributed by atoms with Gasteiger partial charge in [0, 0.05) is 13.8 Å². The van der Waals surface area contributed by atoms with Crippen LogP contribution in [0.15, 0.2) is 12.2 Å². The first-order valence-corrected chi connectivity index (χ1v) is 5.13. The molecule has 0 unspecified atom stereocenters. The normalized spacial score (nSPS) is 28.6. The summed E-state index contributed by atoms with van der Waals surface area (Å²) < 4.78 is 15.4. The number of rotatable bonds is 3. The molecule has 16 heavy (non-hydrogen) atoms. The Balaban J connectivity index is 2.58. The molecule has 0 spiro atoms. The van der Waals surface area contributed by atoms with Crippen molar-refractivity contribution in [2.45, 2.75) is 39.1 Å². The molecule has 0 aliphatic carbocycles. The lowest BCUT2D eigenvalue weighted by atomic mass is 10.1. The fourth-order valence-electron chi connectivity index (χ4n) is 1.43. The van der Waals surface area contributed by atoms with E-state index in [1.165, 1.54) is 13.8 Å². The smallest absolute Gasteiger partial charge is 0.303 e. The molecule has 0 radical (unpaired) electrons. The summed E-state index contributed by atoms with van der Waals surface area (Å²) in [4.78, 5) is 21.6. The summed E-state index contributed by atoms with van der Waals surface area (Å²) in [5.74, 6) is -0.770. The zero-order chi connectivity index (χ0) is 12.1. The molecule has 0 fully saturated rings. The van der Waals surface area contributed by atoms with Gasteiger partial charge in [0.15, 0.2) is 0 Å². The summed E-state index contributed by atoms with van der Waals surface area (Å²) >= 11 is 0. The van der Waals surface area contributed by atoms with Crippen molar-refractivity contribution in [3.63, 3.8) is 0 Å². The zero-order valence-electron chi connectivity index (χ0n) is 9.64. The molecule has 0 amide bonds. The Morgan fingerprint density at radius 2 is 1.94 bits per heavy atom. The molecule has 0 aromatic heterocycles. The van der Waals surface area contributed by atoms with Crippen molar-refractivity contribution in [1.29, 1.82) is 0 Å². The first-order chi connectivity index (χ1) is 7.49. The molecule has 0 N–H and O–H groups in total. The Morgan fingerprint density at radius 3 is 2.50 bits per heavy atom. The maximum atomic E-state index is 10.9. The van der Waals surface area contributed by atoms with E-state index < -0.39 is 12.2 Å². The van der Waals surface area contributed by atoms with Crippen molar-refractivity contribution in [3.05, 3.63) is 12.2 Å². The van der Waals surface area contributed by atoms with E-state index in [-0.39, 0.29) is 24.6 Å². The van der Waals surface area contributed by atoms with Crippen LogP contribution in [-0.2, 0) is 23.8 Å². The highest BCUT2D eigenvalue weighted by Crippen LogP contribution is 2.16. The zero-order valence-corrected chi connectivity index (χ0v) is 9.64. The van der Waals surface area contributed by atoms with Crippen LogP contribution in [0.4, 0.5) is 0 Å². The Bertz CT molecular complexity index is 297. The third-order valence-corrected chi connectivity index (χ3v) is 2.08. The number of carbonyl (C=O) groups is 2. The number of ether oxygens (including phenoxy) is 3. The van der Waals surface area contributed by atoms with Crippen molar-refractivity contribution in [1.82, 2.24) is 0 Å². The summed E-state index contributed by atoms with van der Waals surface area (Å²) in [6, 6.07) is 0. The van der Waals surface area contributed by atoms with Gasteiger partial charge >= 0.3 is 11.9 Å². The van der Waals surface area contributed by atoms with Crippen LogP contribution in [0.5, 0.6) is 0 Å². The van der Waals surface area contributed by atoms with E-state index in [1.54, 1.807) is 12.2 Å². The van der Waals surface area contributed by atoms with E-state index in [9.17, 15) is 9.59 Å². The first-order valence-electron chi connectivity index (χ1n) is 5.13. The predicted octanol–water partition coefficient (Wildman–Crippen LogP) is 0.825. The molecule has 5 nitrogen and oxygen atoms in total. The van der Waals surface area contributed by atoms with Crippen LogP contribution in [0.3, 0.4) is 0 Å². The third-order valence-electron chi connectivity index (χ3n) is 2.08. The van der Waals surface area contributed by atoms with Crippen LogP contribution in [0.2, 0.25) is 0 Å². The maximum Gasteiger partial charge on any atom is 0.303 e. The fourth-order valence-corrected chi connectivity index (χ4v) is 1.43. The van der Waals surface area contributed by atoms with Crippen molar-refractivity contribution < 1.29 is 23.8 Å². The Labute approximate surface area is 94.4 Å². The molecular formula is C11H16O5. The lowest BCUT2D eigenvalue weighted by Crippen LogP contribution is -2.40. The van der Waals surface area contributed by atoms with Gasteiger partial charge in [0.05, 0.1) is 6.10 Å². The second-order valence-corrected chi connectivity index (χ2v) is 3.64. The molecule has 1 aliphatic rings. The van der Waals surface area contributed by atoms with Crippen LogP contribution >= 0.6 is 0 Å². The highest BCUT2D eigenvalue weighted by Gasteiger charge is 2.28. The molecule has 1 rings (SSSR count). The minimum atomic E-state index is -0.493. The van der Waals surface area contributed by atoms with E-state index >= 15 is 0 Å². The fraction of sp³-hybridized carbons (Fsp3) is 0.636. The molecule has 0 saturated heterocycles. The van der Waals surface area contributed by atoms with Crippen LogP contribution in [0.1, 0.15) is 20.8 Å². The lowest BCUT2D eigenvalue weighted by molar-refractivity contribution is -0.162.